The maximum Gasteiger partial charge on any atom is 0.244 e. The summed E-state index contributed by atoms with van der Waals surface area (Å²) in [5.74, 6) is -0.0953. The third kappa shape index (κ3) is 6.66. The van der Waals surface area contributed by atoms with Crippen LogP contribution in [0.25, 0.3) is 10.8 Å². The first-order valence-corrected chi connectivity index (χ1v) is 14.9. The standard InChI is InChI=1S/C30H34N2O3S2/c1-4-23(2)19-32(37(34,35)29-16-10-14-26-13-8-9-15-28(26)29)22-30(33)31(20-25-11-6-5-7-12-25)21-27-18-17-24(3)36-27/h5-18,23H,4,19-22H2,1-3H3. The Morgan fingerprint density at radius 3 is 2.30 bits per heavy atom. The lowest BCUT2D eigenvalue weighted by atomic mass is 10.1. The number of hydrogen-bond donors (Lipinski definition) is 0. The highest BCUT2D eigenvalue weighted by atomic mass is 32.2. The minimum atomic E-state index is -3.91. The molecule has 4 rings (SSSR count). The molecule has 0 fully saturated rings. The Morgan fingerprint density at radius 2 is 1.59 bits per heavy atom. The normalized spacial score (nSPS) is 12.6. The molecule has 5 nitrogen and oxygen atoms in total. The molecule has 1 amide bonds. The molecule has 0 spiro atoms. The average molecular weight is 535 g/mol. The van der Waals surface area contributed by atoms with Gasteiger partial charge in [0.25, 0.3) is 0 Å². The number of fused-ring (bicyclic) bond motifs is 1. The van der Waals surface area contributed by atoms with E-state index in [1.54, 1.807) is 28.4 Å². The predicted octanol–water partition coefficient (Wildman–Crippen LogP) is 6.48. The second kappa shape index (κ2) is 12.0. The zero-order valence-electron chi connectivity index (χ0n) is 21.6. The van der Waals surface area contributed by atoms with Crippen molar-refractivity contribution in [2.24, 2.45) is 5.92 Å². The van der Waals surface area contributed by atoms with E-state index < -0.39 is 10.0 Å². The van der Waals surface area contributed by atoms with E-state index in [0.29, 0.717) is 18.5 Å². The summed E-state index contributed by atoms with van der Waals surface area (Å²) in [6, 6.07) is 26.7. The van der Waals surface area contributed by atoms with Gasteiger partial charge < -0.3 is 4.90 Å². The van der Waals surface area contributed by atoms with Gasteiger partial charge in [-0.25, -0.2) is 8.42 Å². The SMILES string of the molecule is CCC(C)CN(CC(=O)N(Cc1ccccc1)Cc1ccc(C)s1)S(=O)(=O)c1cccc2ccccc12. The Labute approximate surface area is 224 Å². The largest absolute Gasteiger partial charge is 0.332 e. The van der Waals surface area contributed by atoms with Crippen LogP contribution in [0.5, 0.6) is 0 Å². The van der Waals surface area contributed by atoms with E-state index in [1.165, 1.54) is 9.18 Å². The second-order valence-electron chi connectivity index (χ2n) is 9.54. The first-order valence-electron chi connectivity index (χ1n) is 12.6. The fraction of sp³-hybridized carbons (Fsp3) is 0.300. The summed E-state index contributed by atoms with van der Waals surface area (Å²) in [5.41, 5.74) is 1.01. The monoisotopic (exact) mass is 534 g/mol. The lowest BCUT2D eigenvalue weighted by Gasteiger charge is -2.29. The number of nitrogens with zero attached hydrogens (tertiary/aromatic N) is 2. The molecule has 0 saturated heterocycles. The molecule has 4 aromatic rings. The lowest BCUT2D eigenvalue weighted by molar-refractivity contribution is -0.132. The van der Waals surface area contributed by atoms with Crippen molar-refractivity contribution in [2.75, 3.05) is 13.1 Å². The first-order chi connectivity index (χ1) is 17.8. The topological polar surface area (TPSA) is 57.7 Å². The van der Waals surface area contributed by atoms with E-state index in [9.17, 15) is 13.2 Å². The van der Waals surface area contributed by atoms with E-state index in [1.807, 2.05) is 93.6 Å². The quantitative estimate of drug-likeness (QED) is 0.221. The number of thiophene rings is 1. The van der Waals surface area contributed by atoms with Crippen LogP contribution in [0.4, 0.5) is 0 Å². The van der Waals surface area contributed by atoms with Gasteiger partial charge in [0.1, 0.15) is 0 Å². The van der Waals surface area contributed by atoms with Gasteiger partial charge in [-0.1, -0.05) is 87.0 Å². The summed E-state index contributed by atoms with van der Waals surface area (Å²) in [5, 5.41) is 1.53. The van der Waals surface area contributed by atoms with Gasteiger partial charge in [0.2, 0.25) is 15.9 Å². The van der Waals surface area contributed by atoms with Gasteiger partial charge in [-0.3, -0.25) is 4.79 Å². The molecule has 0 saturated carbocycles. The van der Waals surface area contributed by atoms with Crippen LogP contribution in [-0.2, 0) is 27.9 Å². The molecular formula is C30H34N2O3S2. The summed E-state index contributed by atoms with van der Waals surface area (Å²) in [6.45, 7) is 7.04. The molecule has 0 N–H and O–H groups in total. The number of hydrogen-bond acceptors (Lipinski definition) is 4. The van der Waals surface area contributed by atoms with Crippen molar-refractivity contribution in [1.29, 1.82) is 0 Å². The van der Waals surface area contributed by atoms with Crippen LogP contribution in [0.3, 0.4) is 0 Å². The van der Waals surface area contributed by atoms with Crippen molar-refractivity contribution in [2.45, 2.75) is 45.2 Å². The van der Waals surface area contributed by atoms with Crippen molar-refractivity contribution in [3.63, 3.8) is 0 Å². The number of carbonyl (C=O) groups excluding carboxylic acids is 1. The molecule has 1 atom stereocenters. The van der Waals surface area contributed by atoms with Crippen molar-refractivity contribution in [1.82, 2.24) is 9.21 Å². The number of benzene rings is 3. The summed E-state index contributed by atoms with van der Waals surface area (Å²) < 4.78 is 29.4. The highest BCUT2D eigenvalue weighted by Crippen LogP contribution is 2.27. The van der Waals surface area contributed by atoms with E-state index in [-0.39, 0.29) is 29.8 Å². The van der Waals surface area contributed by atoms with E-state index in [0.717, 1.165) is 22.2 Å². The highest BCUT2D eigenvalue weighted by molar-refractivity contribution is 7.89. The number of sulfonamides is 1. The summed E-state index contributed by atoms with van der Waals surface area (Å²) in [7, 11) is -3.91. The molecule has 0 radical (unpaired) electrons. The van der Waals surface area contributed by atoms with Crippen molar-refractivity contribution >= 4 is 38.0 Å². The minimum Gasteiger partial charge on any atom is -0.332 e. The summed E-state index contributed by atoms with van der Waals surface area (Å²) in [4.78, 5) is 18.1. The minimum absolute atomic E-state index is 0.111. The van der Waals surface area contributed by atoms with Crippen LogP contribution >= 0.6 is 11.3 Å². The third-order valence-corrected chi connectivity index (χ3v) is 9.46. The molecule has 0 aliphatic heterocycles. The van der Waals surface area contributed by atoms with Gasteiger partial charge in [0.15, 0.2) is 0 Å². The fourth-order valence-electron chi connectivity index (χ4n) is 4.33. The zero-order chi connectivity index (χ0) is 26.4. The Hall–Kier alpha value is -3.00. The lowest BCUT2D eigenvalue weighted by Crippen LogP contribution is -2.44. The Kier molecular flexibility index (Phi) is 8.79. The molecule has 1 unspecified atom stereocenters. The van der Waals surface area contributed by atoms with Gasteiger partial charge in [-0.15, -0.1) is 11.3 Å². The van der Waals surface area contributed by atoms with Crippen LogP contribution < -0.4 is 0 Å². The summed E-state index contributed by atoms with van der Waals surface area (Å²) >= 11 is 1.66. The first kappa shape index (κ1) is 27.0. The van der Waals surface area contributed by atoms with Gasteiger partial charge in [0, 0.05) is 28.2 Å². The molecule has 0 bridgehead atoms. The number of aryl methyl sites for hydroxylation is 1. The van der Waals surface area contributed by atoms with E-state index in [4.69, 9.17) is 0 Å². The van der Waals surface area contributed by atoms with Crippen LogP contribution in [-0.4, -0.2) is 36.6 Å². The molecule has 37 heavy (non-hydrogen) atoms. The number of carbonyl (C=O) groups is 1. The van der Waals surface area contributed by atoms with Gasteiger partial charge in [0.05, 0.1) is 18.0 Å². The number of rotatable bonds is 11. The number of amides is 1. The Balaban J connectivity index is 1.67. The van der Waals surface area contributed by atoms with Gasteiger partial charge in [-0.05, 0) is 42.0 Å². The molecule has 3 aromatic carbocycles. The predicted molar refractivity (Wildman–Crippen MR) is 152 cm³/mol. The zero-order valence-corrected chi connectivity index (χ0v) is 23.3. The molecular weight excluding hydrogens is 500 g/mol. The van der Waals surface area contributed by atoms with Crippen molar-refractivity contribution in [3.8, 4) is 0 Å². The van der Waals surface area contributed by atoms with Crippen LogP contribution in [0.15, 0.2) is 89.8 Å². The van der Waals surface area contributed by atoms with Crippen molar-refractivity contribution in [3.05, 3.63) is 100 Å². The highest BCUT2D eigenvalue weighted by Gasteiger charge is 2.31. The van der Waals surface area contributed by atoms with Crippen LogP contribution in [0.1, 0.15) is 35.6 Å². The summed E-state index contributed by atoms with van der Waals surface area (Å²) in [6.07, 6.45) is 0.817. The maximum absolute atomic E-state index is 14.0. The van der Waals surface area contributed by atoms with E-state index in [2.05, 4.69) is 0 Å². The Bertz CT molecular complexity index is 1440. The Morgan fingerprint density at radius 1 is 0.892 bits per heavy atom. The smallest absolute Gasteiger partial charge is 0.244 e. The average Bonchev–Trinajstić information content (AvgIpc) is 3.32. The van der Waals surface area contributed by atoms with E-state index >= 15 is 0 Å². The van der Waals surface area contributed by atoms with Gasteiger partial charge >= 0.3 is 0 Å². The maximum atomic E-state index is 14.0. The molecule has 0 aliphatic rings. The molecule has 0 aliphatic carbocycles. The van der Waals surface area contributed by atoms with Crippen LogP contribution in [0, 0.1) is 12.8 Å². The van der Waals surface area contributed by atoms with Crippen molar-refractivity contribution < 1.29 is 13.2 Å². The van der Waals surface area contributed by atoms with Crippen LogP contribution in [0.2, 0.25) is 0 Å². The molecule has 1 aromatic heterocycles. The molecule has 1 heterocycles. The second-order valence-corrected chi connectivity index (χ2v) is 12.8. The van der Waals surface area contributed by atoms with Gasteiger partial charge in [-0.2, -0.15) is 4.31 Å². The molecule has 194 valence electrons. The fourth-order valence-corrected chi connectivity index (χ4v) is 6.96. The molecule has 7 heteroatoms. The third-order valence-electron chi connectivity index (χ3n) is 6.60.